The van der Waals surface area contributed by atoms with E-state index >= 15 is 0 Å². The van der Waals surface area contributed by atoms with Crippen LogP contribution >= 0.6 is 0 Å². The molecule has 6 nitrogen and oxygen atoms in total. The third kappa shape index (κ3) is 4.13. The number of piperazine rings is 1. The highest BCUT2D eigenvalue weighted by molar-refractivity contribution is 5.99. The van der Waals surface area contributed by atoms with Crippen LogP contribution < -0.4 is 0 Å². The molecule has 0 bridgehead atoms. The van der Waals surface area contributed by atoms with E-state index in [1.165, 1.54) is 31.4 Å². The fraction of sp³-hybridized carbons (Fsp3) is 0.522. The highest BCUT2D eigenvalue weighted by Crippen LogP contribution is 2.33. The number of amides is 1. The van der Waals surface area contributed by atoms with Crippen LogP contribution in [0.25, 0.3) is 0 Å². The number of aryl methyl sites for hydroxylation is 1. The molecule has 1 aliphatic heterocycles. The normalized spacial score (nSPS) is 18.3. The molecular formula is C23H30N4O2. The minimum Gasteiger partial charge on any atom is -0.345 e. The summed E-state index contributed by atoms with van der Waals surface area (Å²) in [4.78, 5) is 33.6. The van der Waals surface area contributed by atoms with Gasteiger partial charge in [-0.2, -0.15) is 0 Å². The zero-order valence-electron chi connectivity index (χ0n) is 17.4. The Hall–Kier alpha value is -2.47. The van der Waals surface area contributed by atoms with Crippen LogP contribution in [0.2, 0.25) is 0 Å². The molecule has 154 valence electrons. The van der Waals surface area contributed by atoms with Gasteiger partial charge in [0.15, 0.2) is 5.78 Å². The fourth-order valence-corrected chi connectivity index (χ4v) is 4.86. The summed E-state index contributed by atoms with van der Waals surface area (Å²) in [6.45, 7) is 7.38. The summed E-state index contributed by atoms with van der Waals surface area (Å²) in [6.07, 6.45) is 8.30. The van der Waals surface area contributed by atoms with Gasteiger partial charge in [-0.15, -0.1) is 0 Å². The molecule has 2 aromatic heterocycles. The summed E-state index contributed by atoms with van der Waals surface area (Å²) in [5.74, 6) is 0.231. The first-order valence-electron chi connectivity index (χ1n) is 10.7. The largest absolute Gasteiger partial charge is 0.345 e. The van der Waals surface area contributed by atoms with Gasteiger partial charge in [0.25, 0.3) is 5.91 Å². The molecule has 2 aliphatic rings. The zero-order chi connectivity index (χ0) is 20.4. The summed E-state index contributed by atoms with van der Waals surface area (Å²) < 4.78 is 2.38. The number of pyridine rings is 1. The van der Waals surface area contributed by atoms with Crippen LogP contribution in [0, 0.1) is 13.8 Å². The van der Waals surface area contributed by atoms with Crippen LogP contribution in [0.5, 0.6) is 0 Å². The van der Waals surface area contributed by atoms with Crippen molar-refractivity contribution in [2.45, 2.75) is 45.6 Å². The Morgan fingerprint density at radius 2 is 1.69 bits per heavy atom. The molecule has 2 fully saturated rings. The predicted octanol–water partition coefficient (Wildman–Crippen LogP) is 3.26. The Bertz CT molecular complexity index is 876. The van der Waals surface area contributed by atoms with Gasteiger partial charge >= 0.3 is 0 Å². The van der Waals surface area contributed by atoms with Gasteiger partial charge in [0, 0.05) is 67.1 Å². The molecule has 0 N–H and O–H groups in total. The fourth-order valence-electron chi connectivity index (χ4n) is 4.86. The van der Waals surface area contributed by atoms with E-state index in [0.717, 1.165) is 24.3 Å². The number of carbonyl (C=O) groups is 2. The molecule has 0 aromatic carbocycles. The van der Waals surface area contributed by atoms with E-state index in [0.29, 0.717) is 31.2 Å². The standard InChI is InChI=1S/C23H30N4O2/c1-17-15-21(18(2)27(17)20-5-3-4-6-20)22(28)16-25-11-13-26(14-12-25)23(29)19-7-9-24-10-8-19/h7-10,15,20H,3-6,11-14,16H2,1-2H3. The van der Waals surface area contributed by atoms with Gasteiger partial charge in [0.05, 0.1) is 6.54 Å². The van der Waals surface area contributed by atoms with Crippen molar-refractivity contribution in [3.63, 3.8) is 0 Å². The van der Waals surface area contributed by atoms with Gasteiger partial charge in [0.2, 0.25) is 0 Å². The molecular weight excluding hydrogens is 364 g/mol. The molecule has 0 radical (unpaired) electrons. The van der Waals surface area contributed by atoms with Gasteiger partial charge in [-0.1, -0.05) is 12.8 Å². The van der Waals surface area contributed by atoms with Crippen LogP contribution in [-0.4, -0.2) is 63.8 Å². The molecule has 1 saturated carbocycles. The first-order chi connectivity index (χ1) is 14.0. The minimum atomic E-state index is 0.0403. The number of Topliss-reactive ketones (excluding diaryl/α,β-unsaturated/α-hetero) is 1. The second-order valence-electron chi connectivity index (χ2n) is 8.32. The number of hydrogen-bond acceptors (Lipinski definition) is 4. The highest BCUT2D eigenvalue weighted by Gasteiger charge is 2.26. The lowest BCUT2D eigenvalue weighted by atomic mass is 10.1. The summed E-state index contributed by atoms with van der Waals surface area (Å²) in [6, 6.07) is 6.12. The third-order valence-electron chi connectivity index (χ3n) is 6.43. The van der Waals surface area contributed by atoms with Crippen molar-refractivity contribution in [2.24, 2.45) is 0 Å². The molecule has 0 spiro atoms. The summed E-state index contributed by atoms with van der Waals surface area (Å²) >= 11 is 0. The molecule has 1 amide bonds. The Balaban J connectivity index is 1.36. The van der Waals surface area contributed by atoms with Gasteiger partial charge in [-0.3, -0.25) is 19.5 Å². The van der Waals surface area contributed by atoms with Crippen LogP contribution in [0.15, 0.2) is 30.6 Å². The monoisotopic (exact) mass is 394 g/mol. The van der Waals surface area contributed by atoms with Crippen LogP contribution in [0.1, 0.15) is 63.8 Å². The summed E-state index contributed by atoms with van der Waals surface area (Å²) in [5, 5.41) is 0. The van der Waals surface area contributed by atoms with E-state index in [4.69, 9.17) is 0 Å². The maximum Gasteiger partial charge on any atom is 0.254 e. The van der Waals surface area contributed by atoms with Gasteiger partial charge < -0.3 is 9.47 Å². The highest BCUT2D eigenvalue weighted by atomic mass is 16.2. The molecule has 1 saturated heterocycles. The molecule has 2 aromatic rings. The number of carbonyl (C=O) groups excluding carboxylic acids is 2. The van der Waals surface area contributed by atoms with Crippen LogP contribution in [0.4, 0.5) is 0 Å². The lowest BCUT2D eigenvalue weighted by Gasteiger charge is -2.34. The first-order valence-corrected chi connectivity index (χ1v) is 10.7. The Kier molecular flexibility index (Phi) is 5.81. The van der Waals surface area contributed by atoms with Crippen molar-refractivity contribution in [3.05, 3.63) is 53.1 Å². The number of aromatic nitrogens is 2. The molecule has 6 heteroatoms. The van der Waals surface area contributed by atoms with E-state index in [1.807, 2.05) is 4.90 Å². The second-order valence-corrected chi connectivity index (χ2v) is 8.32. The average Bonchev–Trinajstić information content (AvgIpc) is 3.36. The molecule has 0 unspecified atom stereocenters. The molecule has 29 heavy (non-hydrogen) atoms. The van der Waals surface area contributed by atoms with Crippen molar-refractivity contribution in [2.75, 3.05) is 32.7 Å². The maximum atomic E-state index is 13.0. The number of rotatable bonds is 5. The molecule has 0 atom stereocenters. The van der Waals surface area contributed by atoms with E-state index < -0.39 is 0 Å². The van der Waals surface area contributed by atoms with E-state index in [-0.39, 0.29) is 11.7 Å². The van der Waals surface area contributed by atoms with Gasteiger partial charge in [-0.05, 0) is 44.9 Å². The van der Waals surface area contributed by atoms with Crippen molar-refractivity contribution >= 4 is 11.7 Å². The smallest absolute Gasteiger partial charge is 0.254 e. The Labute approximate surface area is 172 Å². The van der Waals surface area contributed by atoms with Gasteiger partial charge in [0.1, 0.15) is 0 Å². The lowest BCUT2D eigenvalue weighted by Crippen LogP contribution is -2.49. The van der Waals surface area contributed by atoms with E-state index in [9.17, 15) is 9.59 Å². The number of hydrogen-bond donors (Lipinski definition) is 0. The molecule has 1 aliphatic carbocycles. The van der Waals surface area contributed by atoms with E-state index in [2.05, 4.69) is 34.4 Å². The van der Waals surface area contributed by atoms with Crippen LogP contribution in [0.3, 0.4) is 0 Å². The average molecular weight is 395 g/mol. The second kappa shape index (κ2) is 8.49. The molecule has 3 heterocycles. The zero-order valence-corrected chi connectivity index (χ0v) is 17.4. The summed E-state index contributed by atoms with van der Waals surface area (Å²) in [7, 11) is 0. The number of ketones is 1. The first kappa shape index (κ1) is 19.8. The molecule has 4 rings (SSSR count). The predicted molar refractivity (Wildman–Crippen MR) is 112 cm³/mol. The minimum absolute atomic E-state index is 0.0403. The topological polar surface area (TPSA) is 58.4 Å². The van der Waals surface area contributed by atoms with Crippen molar-refractivity contribution in [1.82, 2.24) is 19.4 Å². The Morgan fingerprint density at radius 3 is 2.34 bits per heavy atom. The Morgan fingerprint density at radius 1 is 1.03 bits per heavy atom. The van der Waals surface area contributed by atoms with Crippen molar-refractivity contribution < 1.29 is 9.59 Å². The van der Waals surface area contributed by atoms with Crippen molar-refractivity contribution in [3.8, 4) is 0 Å². The maximum absolute atomic E-state index is 13.0. The van der Waals surface area contributed by atoms with E-state index in [1.54, 1.807) is 24.5 Å². The SMILES string of the molecule is Cc1cc(C(=O)CN2CCN(C(=O)c3ccncc3)CC2)c(C)n1C1CCCC1. The van der Waals surface area contributed by atoms with Crippen molar-refractivity contribution in [1.29, 1.82) is 0 Å². The summed E-state index contributed by atoms with van der Waals surface area (Å²) in [5.41, 5.74) is 3.85. The quantitative estimate of drug-likeness (QED) is 0.731. The van der Waals surface area contributed by atoms with Crippen LogP contribution in [-0.2, 0) is 0 Å². The van der Waals surface area contributed by atoms with Gasteiger partial charge in [-0.25, -0.2) is 0 Å². The number of nitrogens with zero attached hydrogens (tertiary/aromatic N) is 4. The third-order valence-corrected chi connectivity index (χ3v) is 6.43. The lowest BCUT2D eigenvalue weighted by molar-refractivity contribution is 0.0624.